The number of hydrogen-bond acceptors (Lipinski definition) is 3. The highest BCUT2D eigenvalue weighted by atomic mass is 35.5. The maximum Gasteiger partial charge on any atom is 0.133 e. The molecule has 0 radical (unpaired) electrons. The van der Waals surface area contributed by atoms with E-state index in [1.807, 2.05) is 0 Å². The first kappa shape index (κ1) is 11.0. The summed E-state index contributed by atoms with van der Waals surface area (Å²) in [5.74, 6) is 0.579. The number of hydrogen-bond donors (Lipinski definition) is 2. The second-order valence-corrected chi connectivity index (χ2v) is 3.49. The minimum absolute atomic E-state index is 0.334. The summed E-state index contributed by atoms with van der Waals surface area (Å²) < 4.78 is 12.5. The highest BCUT2D eigenvalue weighted by molar-refractivity contribution is 6.29. The van der Waals surface area contributed by atoms with Crippen LogP contribution in [0, 0.1) is 0 Å². The van der Waals surface area contributed by atoms with Gasteiger partial charge in [-0.3, -0.25) is 0 Å². The topological polar surface area (TPSA) is 50.9 Å². The lowest BCUT2D eigenvalue weighted by Crippen LogP contribution is -2.08. The van der Waals surface area contributed by atoms with Crippen molar-refractivity contribution < 1.29 is 4.39 Å². The number of anilines is 2. The van der Waals surface area contributed by atoms with E-state index in [4.69, 9.17) is 17.3 Å². The van der Waals surface area contributed by atoms with Crippen LogP contribution in [0.25, 0.3) is 0 Å². The van der Waals surface area contributed by atoms with E-state index in [9.17, 15) is 4.39 Å². The molecular weight excluding hydrogens is 205 g/mol. The molecule has 1 heterocycles. The maximum absolute atomic E-state index is 12.5. The summed E-state index contributed by atoms with van der Waals surface area (Å²) in [6.45, 7) is 2.03. The molecule has 1 atom stereocenters. The van der Waals surface area contributed by atoms with Gasteiger partial charge < -0.3 is 11.1 Å². The smallest absolute Gasteiger partial charge is 0.133 e. The van der Waals surface area contributed by atoms with Crippen LogP contribution in [0.2, 0.25) is 5.15 Å². The van der Waals surface area contributed by atoms with Gasteiger partial charge in [-0.1, -0.05) is 11.6 Å². The molecule has 0 spiro atoms. The van der Waals surface area contributed by atoms with Crippen LogP contribution in [0.15, 0.2) is 12.1 Å². The van der Waals surface area contributed by atoms with E-state index in [1.165, 1.54) is 6.92 Å². The van der Waals surface area contributed by atoms with E-state index in [0.29, 0.717) is 29.6 Å². The molecule has 1 aromatic heterocycles. The first-order chi connectivity index (χ1) is 6.58. The average Bonchev–Trinajstić information content (AvgIpc) is 2.01. The SMILES string of the molecule is CC(F)CCNc1cc(N)cc(Cl)n1. The van der Waals surface area contributed by atoms with Crippen LogP contribution in [0.3, 0.4) is 0 Å². The Labute approximate surface area is 87.5 Å². The van der Waals surface area contributed by atoms with E-state index < -0.39 is 6.17 Å². The van der Waals surface area contributed by atoms with Crippen molar-refractivity contribution in [2.75, 3.05) is 17.6 Å². The highest BCUT2D eigenvalue weighted by Crippen LogP contribution is 2.15. The zero-order valence-electron chi connectivity index (χ0n) is 7.93. The van der Waals surface area contributed by atoms with Crippen molar-refractivity contribution in [2.45, 2.75) is 19.5 Å². The van der Waals surface area contributed by atoms with Crippen LogP contribution in [-0.2, 0) is 0 Å². The number of halogens is 2. The van der Waals surface area contributed by atoms with Crippen molar-refractivity contribution in [3.05, 3.63) is 17.3 Å². The zero-order chi connectivity index (χ0) is 10.6. The van der Waals surface area contributed by atoms with Gasteiger partial charge in [0.15, 0.2) is 0 Å². The first-order valence-electron chi connectivity index (χ1n) is 4.39. The number of alkyl halides is 1. The number of pyridine rings is 1. The Hall–Kier alpha value is -1.03. The van der Waals surface area contributed by atoms with Crippen LogP contribution in [0.1, 0.15) is 13.3 Å². The molecule has 1 aromatic rings. The third-order valence-corrected chi connectivity index (χ3v) is 1.86. The van der Waals surface area contributed by atoms with Crippen LogP contribution < -0.4 is 11.1 Å². The van der Waals surface area contributed by atoms with Crippen molar-refractivity contribution in [2.24, 2.45) is 0 Å². The standard InChI is InChI=1S/C9H13ClFN3/c1-6(11)2-3-13-9-5-7(12)4-8(10)14-9/h4-6H,2-3H2,1H3,(H3,12,13,14). The fourth-order valence-corrected chi connectivity index (χ4v) is 1.22. The second-order valence-electron chi connectivity index (χ2n) is 3.10. The number of nitrogen functional groups attached to an aromatic ring is 1. The molecule has 0 aromatic carbocycles. The van der Waals surface area contributed by atoms with Gasteiger partial charge in [0, 0.05) is 18.3 Å². The minimum Gasteiger partial charge on any atom is -0.399 e. The molecule has 1 unspecified atom stereocenters. The van der Waals surface area contributed by atoms with Gasteiger partial charge in [0.1, 0.15) is 11.0 Å². The number of nitrogens with one attached hydrogen (secondary N) is 1. The largest absolute Gasteiger partial charge is 0.399 e. The fraction of sp³-hybridized carbons (Fsp3) is 0.444. The lowest BCUT2D eigenvalue weighted by Gasteiger charge is -2.06. The summed E-state index contributed by atoms with van der Waals surface area (Å²) in [5, 5.41) is 3.28. The van der Waals surface area contributed by atoms with Crippen LogP contribution in [0.4, 0.5) is 15.9 Å². The van der Waals surface area contributed by atoms with Crippen LogP contribution in [-0.4, -0.2) is 17.7 Å². The van der Waals surface area contributed by atoms with E-state index in [-0.39, 0.29) is 0 Å². The molecule has 0 fully saturated rings. The zero-order valence-corrected chi connectivity index (χ0v) is 8.68. The van der Waals surface area contributed by atoms with Gasteiger partial charge in [-0.15, -0.1) is 0 Å². The van der Waals surface area contributed by atoms with Gasteiger partial charge in [-0.25, -0.2) is 9.37 Å². The predicted octanol–water partition coefficient (Wildman–Crippen LogP) is 2.48. The maximum atomic E-state index is 12.5. The van der Waals surface area contributed by atoms with Crippen molar-refractivity contribution >= 4 is 23.1 Å². The Bertz CT molecular complexity index is 284. The summed E-state index contributed by atoms with van der Waals surface area (Å²) in [5.41, 5.74) is 6.09. The number of nitrogens with two attached hydrogens (primary N) is 1. The van der Waals surface area contributed by atoms with Gasteiger partial charge in [-0.05, 0) is 19.4 Å². The van der Waals surface area contributed by atoms with Crippen molar-refractivity contribution in [1.29, 1.82) is 0 Å². The quantitative estimate of drug-likeness (QED) is 0.762. The molecule has 0 bridgehead atoms. The molecule has 14 heavy (non-hydrogen) atoms. The van der Waals surface area contributed by atoms with Crippen molar-refractivity contribution in [1.82, 2.24) is 4.98 Å². The van der Waals surface area contributed by atoms with E-state index in [0.717, 1.165) is 0 Å². The van der Waals surface area contributed by atoms with Crippen molar-refractivity contribution in [3.63, 3.8) is 0 Å². The Morgan fingerprint density at radius 3 is 2.93 bits per heavy atom. The molecular formula is C9H13ClFN3. The normalized spacial score (nSPS) is 12.5. The summed E-state index contributed by atoms with van der Waals surface area (Å²) in [6.07, 6.45) is -0.382. The molecule has 0 aliphatic heterocycles. The molecule has 0 saturated heterocycles. The monoisotopic (exact) mass is 217 g/mol. The Kier molecular flexibility index (Phi) is 3.95. The Balaban J connectivity index is 2.50. The van der Waals surface area contributed by atoms with E-state index in [1.54, 1.807) is 12.1 Å². The Morgan fingerprint density at radius 2 is 2.36 bits per heavy atom. The number of rotatable bonds is 4. The summed E-state index contributed by atoms with van der Waals surface area (Å²) >= 11 is 5.69. The Morgan fingerprint density at radius 1 is 1.64 bits per heavy atom. The number of nitrogens with zero attached hydrogens (tertiary/aromatic N) is 1. The molecule has 3 N–H and O–H groups in total. The van der Waals surface area contributed by atoms with Crippen LogP contribution in [0.5, 0.6) is 0 Å². The molecule has 1 rings (SSSR count). The molecule has 3 nitrogen and oxygen atoms in total. The van der Waals surface area contributed by atoms with Crippen LogP contribution >= 0.6 is 11.6 Å². The van der Waals surface area contributed by atoms with Gasteiger partial charge >= 0.3 is 0 Å². The molecule has 0 saturated carbocycles. The molecule has 78 valence electrons. The lowest BCUT2D eigenvalue weighted by molar-refractivity contribution is 0.348. The third-order valence-electron chi connectivity index (χ3n) is 1.66. The van der Waals surface area contributed by atoms with E-state index in [2.05, 4.69) is 10.3 Å². The second kappa shape index (κ2) is 5.00. The third kappa shape index (κ3) is 3.79. The lowest BCUT2D eigenvalue weighted by atomic mass is 10.3. The summed E-state index contributed by atoms with van der Waals surface area (Å²) in [4.78, 5) is 3.98. The van der Waals surface area contributed by atoms with E-state index >= 15 is 0 Å². The summed E-state index contributed by atoms with van der Waals surface area (Å²) in [7, 11) is 0. The van der Waals surface area contributed by atoms with Gasteiger partial charge in [0.2, 0.25) is 0 Å². The first-order valence-corrected chi connectivity index (χ1v) is 4.76. The molecule has 5 heteroatoms. The minimum atomic E-state index is -0.820. The van der Waals surface area contributed by atoms with Gasteiger partial charge in [0.25, 0.3) is 0 Å². The van der Waals surface area contributed by atoms with Gasteiger partial charge in [0.05, 0.1) is 6.17 Å². The highest BCUT2D eigenvalue weighted by Gasteiger charge is 2.00. The average molecular weight is 218 g/mol. The number of aromatic nitrogens is 1. The fourth-order valence-electron chi connectivity index (χ4n) is 1.01. The summed E-state index contributed by atoms with van der Waals surface area (Å²) in [6, 6.07) is 3.22. The molecule has 0 aliphatic rings. The molecule has 0 aliphatic carbocycles. The van der Waals surface area contributed by atoms with Gasteiger partial charge in [-0.2, -0.15) is 0 Å². The van der Waals surface area contributed by atoms with Crippen molar-refractivity contribution in [3.8, 4) is 0 Å². The molecule has 0 amide bonds. The predicted molar refractivity (Wildman–Crippen MR) is 57.3 cm³/mol.